The van der Waals surface area contributed by atoms with Crippen molar-refractivity contribution in [3.8, 4) is 0 Å². The third-order valence-corrected chi connectivity index (χ3v) is 6.03. The number of amides is 2. The Balaban J connectivity index is 1.43. The topological polar surface area (TPSA) is 61.4 Å². The number of thiophene rings is 1. The molecule has 5 nitrogen and oxygen atoms in total. The maximum Gasteiger partial charge on any atom is 0.257 e. The highest BCUT2D eigenvalue weighted by molar-refractivity contribution is 7.10. The van der Waals surface area contributed by atoms with Gasteiger partial charge in [-0.1, -0.05) is 36.4 Å². The number of nitrogens with zero attached hydrogens (tertiary/aromatic N) is 1. The van der Waals surface area contributed by atoms with Crippen LogP contribution < -0.4 is 10.6 Å². The Morgan fingerprint density at radius 1 is 0.966 bits per heavy atom. The molecule has 1 aromatic heterocycles. The lowest BCUT2D eigenvalue weighted by atomic mass is 10.1. The molecule has 1 aliphatic heterocycles. The molecule has 29 heavy (non-hydrogen) atoms. The van der Waals surface area contributed by atoms with E-state index in [1.807, 2.05) is 36.4 Å². The van der Waals surface area contributed by atoms with Crippen LogP contribution in [0.25, 0.3) is 0 Å². The monoisotopic (exact) mass is 405 g/mol. The van der Waals surface area contributed by atoms with Crippen LogP contribution in [0.1, 0.15) is 34.1 Å². The minimum atomic E-state index is -0.246. The van der Waals surface area contributed by atoms with Crippen LogP contribution in [-0.2, 0) is 4.79 Å². The average Bonchev–Trinajstić information content (AvgIpc) is 3.40. The molecule has 4 rings (SSSR count). The van der Waals surface area contributed by atoms with Crippen molar-refractivity contribution < 1.29 is 9.59 Å². The number of rotatable bonds is 6. The SMILES string of the molecule is O=C(CN1CCCC1c1cccs1)Nc1ccccc1C(=O)Nc1ccccc1. The second-order valence-electron chi connectivity index (χ2n) is 7.06. The molecule has 2 heterocycles. The van der Waals surface area contributed by atoms with E-state index in [1.165, 1.54) is 4.88 Å². The summed E-state index contributed by atoms with van der Waals surface area (Å²) in [6, 6.07) is 20.9. The van der Waals surface area contributed by atoms with Crippen molar-refractivity contribution in [3.63, 3.8) is 0 Å². The van der Waals surface area contributed by atoms with Crippen molar-refractivity contribution in [2.45, 2.75) is 18.9 Å². The van der Waals surface area contributed by atoms with Gasteiger partial charge in [-0.2, -0.15) is 0 Å². The molecule has 0 spiro atoms. The second-order valence-corrected chi connectivity index (χ2v) is 8.04. The van der Waals surface area contributed by atoms with E-state index in [2.05, 4.69) is 33.0 Å². The first-order valence-electron chi connectivity index (χ1n) is 9.73. The Hall–Kier alpha value is -2.96. The van der Waals surface area contributed by atoms with Crippen molar-refractivity contribution >= 4 is 34.5 Å². The molecule has 148 valence electrons. The summed E-state index contributed by atoms with van der Waals surface area (Å²) in [5.74, 6) is -0.349. The van der Waals surface area contributed by atoms with Crippen molar-refractivity contribution in [1.29, 1.82) is 0 Å². The molecular weight excluding hydrogens is 382 g/mol. The molecule has 0 saturated carbocycles. The number of anilines is 2. The smallest absolute Gasteiger partial charge is 0.257 e. The molecule has 0 aliphatic carbocycles. The summed E-state index contributed by atoms with van der Waals surface area (Å²) in [5.41, 5.74) is 1.69. The van der Waals surface area contributed by atoms with Crippen LogP contribution in [0.3, 0.4) is 0 Å². The highest BCUT2D eigenvalue weighted by Crippen LogP contribution is 2.34. The minimum Gasteiger partial charge on any atom is -0.324 e. The van der Waals surface area contributed by atoms with Gasteiger partial charge in [-0.15, -0.1) is 11.3 Å². The lowest BCUT2D eigenvalue weighted by molar-refractivity contribution is -0.117. The van der Waals surface area contributed by atoms with Crippen LogP contribution in [0.2, 0.25) is 0 Å². The number of hydrogen-bond acceptors (Lipinski definition) is 4. The van der Waals surface area contributed by atoms with E-state index >= 15 is 0 Å². The van der Waals surface area contributed by atoms with E-state index in [0.717, 1.165) is 25.1 Å². The molecule has 2 N–H and O–H groups in total. The van der Waals surface area contributed by atoms with Crippen LogP contribution in [0.15, 0.2) is 72.1 Å². The van der Waals surface area contributed by atoms with E-state index < -0.39 is 0 Å². The number of carbonyl (C=O) groups excluding carboxylic acids is 2. The summed E-state index contributed by atoms with van der Waals surface area (Å²) in [6.07, 6.45) is 2.16. The first kappa shape index (κ1) is 19.4. The maximum absolute atomic E-state index is 12.7. The lowest BCUT2D eigenvalue weighted by Gasteiger charge is -2.23. The number of hydrogen-bond donors (Lipinski definition) is 2. The number of likely N-dealkylation sites (tertiary alicyclic amines) is 1. The predicted molar refractivity (Wildman–Crippen MR) is 117 cm³/mol. The Bertz CT molecular complexity index is 973. The summed E-state index contributed by atoms with van der Waals surface area (Å²) in [7, 11) is 0. The van der Waals surface area contributed by atoms with Crippen molar-refractivity contribution in [2.75, 3.05) is 23.7 Å². The van der Waals surface area contributed by atoms with Crippen molar-refractivity contribution in [2.24, 2.45) is 0 Å². The zero-order valence-corrected chi connectivity index (χ0v) is 16.8. The van der Waals surface area contributed by atoms with E-state index in [-0.39, 0.29) is 11.8 Å². The van der Waals surface area contributed by atoms with Crippen LogP contribution in [0.5, 0.6) is 0 Å². The van der Waals surface area contributed by atoms with Gasteiger partial charge < -0.3 is 10.6 Å². The molecule has 2 aromatic carbocycles. The number of carbonyl (C=O) groups is 2. The maximum atomic E-state index is 12.7. The largest absolute Gasteiger partial charge is 0.324 e. The van der Waals surface area contributed by atoms with Gasteiger partial charge in [-0.25, -0.2) is 0 Å². The Morgan fingerprint density at radius 2 is 1.76 bits per heavy atom. The van der Waals surface area contributed by atoms with E-state index in [0.29, 0.717) is 23.8 Å². The first-order valence-corrected chi connectivity index (χ1v) is 10.6. The molecule has 0 radical (unpaired) electrons. The number of benzene rings is 2. The van der Waals surface area contributed by atoms with Crippen LogP contribution in [0.4, 0.5) is 11.4 Å². The van der Waals surface area contributed by atoms with Gasteiger partial charge in [0.05, 0.1) is 17.8 Å². The van der Waals surface area contributed by atoms with Crippen LogP contribution >= 0.6 is 11.3 Å². The predicted octanol–water partition coefficient (Wildman–Crippen LogP) is 4.78. The van der Waals surface area contributed by atoms with Crippen LogP contribution in [-0.4, -0.2) is 29.8 Å². The summed E-state index contributed by atoms with van der Waals surface area (Å²) >= 11 is 1.74. The molecule has 0 bridgehead atoms. The Labute approximate surface area is 174 Å². The third kappa shape index (κ3) is 4.72. The molecule has 1 saturated heterocycles. The van der Waals surface area contributed by atoms with E-state index in [9.17, 15) is 9.59 Å². The molecule has 1 fully saturated rings. The fraction of sp³-hybridized carbons (Fsp3) is 0.217. The fourth-order valence-corrected chi connectivity index (χ4v) is 4.60. The Morgan fingerprint density at radius 3 is 2.55 bits per heavy atom. The zero-order valence-electron chi connectivity index (χ0n) is 16.0. The fourth-order valence-electron chi connectivity index (χ4n) is 3.70. The molecule has 1 unspecified atom stereocenters. The highest BCUT2D eigenvalue weighted by atomic mass is 32.1. The van der Waals surface area contributed by atoms with Gasteiger partial charge in [-0.05, 0) is 55.1 Å². The first-order chi connectivity index (χ1) is 14.2. The number of nitrogens with one attached hydrogen (secondary N) is 2. The Kier molecular flexibility index (Phi) is 6.03. The molecule has 2 amide bonds. The second kappa shape index (κ2) is 9.03. The van der Waals surface area contributed by atoms with Gasteiger partial charge in [0.1, 0.15) is 0 Å². The zero-order chi connectivity index (χ0) is 20.1. The quantitative estimate of drug-likeness (QED) is 0.621. The standard InChI is InChI=1S/C23H23N3O2S/c27-22(16-26-14-6-12-20(26)21-13-7-15-29-21)25-19-11-5-4-10-18(19)23(28)24-17-8-2-1-3-9-17/h1-5,7-11,13,15,20H,6,12,14,16H2,(H,24,28)(H,25,27). The third-order valence-electron chi connectivity index (χ3n) is 5.06. The van der Waals surface area contributed by atoms with Crippen molar-refractivity contribution in [1.82, 2.24) is 4.90 Å². The van der Waals surface area contributed by atoms with Gasteiger partial charge in [-0.3, -0.25) is 14.5 Å². The molecule has 1 atom stereocenters. The normalized spacial score (nSPS) is 16.5. The van der Waals surface area contributed by atoms with E-state index in [4.69, 9.17) is 0 Å². The summed E-state index contributed by atoms with van der Waals surface area (Å²) in [6.45, 7) is 1.23. The summed E-state index contributed by atoms with van der Waals surface area (Å²) in [5, 5.41) is 7.88. The summed E-state index contributed by atoms with van der Waals surface area (Å²) < 4.78 is 0. The van der Waals surface area contributed by atoms with Gasteiger partial charge >= 0.3 is 0 Å². The number of para-hydroxylation sites is 2. The van der Waals surface area contributed by atoms with Crippen LogP contribution in [0, 0.1) is 0 Å². The molecule has 6 heteroatoms. The average molecular weight is 406 g/mol. The van der Waals surface area contributed by atoms with Gasteiger partial charge in [0.2, 0.25) is 5.91 Å². The summed E-state index contributed by atoms with van der Waals surface area (Å²) in [4.78, 5) is 29.0. The highest BCUT2D eigenvalue weighted by Gasteiger charge is 2.28. The minimum absolute atomic E-state index is 0.103. The van der Waals surface area contributed by atoms with Gasteiger partial charge in [0.25, 0.3) is 5.91 Å². The van der Waals surface area contributed by atoms with Crippen molar-refractivity contribution in [3.05, 3.63) is 82.6 Å². The molecular formula is C23H23N3O2S. The van der Waals surface area contributed by atoms with E-state index in [1.54, 1.807) is 29.5 Å². The van der Waals surface area contributed by atoms with Gasteiger partial charge in [0, 0.05) is 16.6 Å². The molecule has 3 aromatic rings. The van der Waals surface area contributed by atoms with Gasteiger partial charge in [0.15, 0.2) is 0 Å². The lowest BCUT2D eigenvalue weighted by Crippen LogP contribution is -2.33. The molecule has 1 aliphatic rings.